The van der Waals surface area contributed by atoms with Crippen LogP contribution in [0.25, 0.3) is 33.2 Å². The first-order chi connectivity index (χ1) is 14.7. The summed E-state index contributed by atoms with van der Waals surface area (Å²) in [5.74, 6) is 1.14. The Morgan fingerprint density at radius 3 is 2.53 bits per heavy atom. The summed E-state index contributed by atoms with van der Waals surface area (Å²) in [7, 11) is 0. The van der Waals surface area contributed by atoms with E-state index in [9.17, 15) is 0 Å². The van der Waals surface area contributed by atoms with Crippen LogP contribution in [0.1, 0.15) is 12.7 Å². The van der Waals surface area contributed by atoms with Crippen molar-refractivity contribution in [1.29, 1.82) is 0 Å². The number of rotatable bonds is 4. The van der Waals surface area contributed by atoms with Gasteiger partial charge in [-0.3, -0.25) is 0 Å². The number of benzene rings is 3. The molecule has 0 spiro atoms. The van der Waals surface area contributed by atoms with Crippen molar-refractivity contribution >= 4 is 49.5 Å². The van der Waals surface area contributed by atoms with E-state index < -0.39 is 0 Å². The lowest BCUT2D eigenvalue weighted by atomic mass is 10.1. The molecule has 2 aromatic heterocycles. The van der Waals surface area contributed by atoms with Gasteiger partial charge in [-0.15, -0.1) is 0 Å². The maximum absolute atomic E-state index is 4.74. The molecule has 2 N–H and O–H groups in total. The van der Waals surface area contributed by atoms with E-state index in [0.717, 1.165) is 37.7 Å². The second kappa shape index (κ2) is 7.68. The fourth-order valence-corrected chi connectivity index (χ4v) is 3.64. The number of hydrazone groups is 1. The number of hydrogen-bond acceptors (Lipinski definition) is 5. The molecule has 0 unspecified atom stereocenters. The Kier molecular flexibility index (Phi) is 4.72. The molecule has 6 nitrogen and oxygen atoms in total. The van der Waals surface area contributed by atoms with Crippen molar-refractivity contribution in [2.24, 2.45) is 5.10 Å². The SMILES string of the molecule is C/C(=N/Nc1nc(-c2ccccc2)c2cc(Br)ccc2n1)c1nc2ccccc2[nH]1. The normalized spacial score (nSPS) is 11.9. The summed E-state index contributed by atoms with van der Waals surface area (Å²) >= 11 is 3.54. The second-order valence-electron chi connectivity index (χ2n) is 6.83. The zero-order valence-electron chi connectivity index (χ0n) is 16.1. The number of imidazole rings is 1. The third-order valence-corrected chi connectivity index (χ3v) is 5.25. The smallest absolute Gasteiger partial charge is 0.244 e. The van der Waals surface area contributed by atoms with Gasteiger partial charge in [0.15, 0.2) is 5.82 Å². The van der Waals surface area contributed by atoms with Crippen LogP contribution in [0.2, 0.25) is 0 Å². The van der Waals surface area contributed by atoms with E-state index in [-0.39, 0.29) is 0 Å². The average molecular weight is 457 g/mol. The van der Waals surface area contributed by atoms with Crippen LogP contribution < -0.4 is 5.43 Å². The molecule has 0 aliphatic carbocycles. The Morgan fingerprint density at radius 1 is 0.900 bits per heavy atom. The van der Waals surface area contributed by atoms with Crippen LogP contribution in [-0.4, -0.2) is 25.6 Å². The lowest BCUT2D eigenvalue weighted by Crippen LogP contribution is -2.05. The predicted octanol–water partition coefficient (Wildman–Crippen LogP) is 5.77. The molecule has 0 atom stereocenters. The van der Waals surface area contributed by atoms with Crippen molar-refractivity contribution in [1.82, 2.24) is 19.9 Å². The molecule has 3 aromatic carbocycles. The third kappa shape index (κ3) is 3.55. The Balaban J connectivity index is 1.54. The molecule has 2 heterocycles. The van der Waals surface area contributed by atoms with E-state index in [1.54, 1.807) is 0 Å². The van der Waals surface area contributed by atoms with Gasteiger partial charge in [-0.1, -0.05) is 58.4 Å². The van der Waals surface area contributed by atoms with Crippen LogP contribution in [0.15, 0.2) is 82.4 Å². The molecule has 0 saturated heterocycles. The van der Waals surface area contributed by atoms with E-state index in [2.05, 4.69) is 41.4 Å². The van der Waals surface area contributed by atoms with Gasteiger partial charge in [-0.25, -0.2) is 20.4 Å². The molecule has 146 valence electrons. The molecule has 0 saturated carbocycles. The van der Waals surface area contributed by atoms with E-state index >= 15 is 0 Å². The predicted molar refractivity (Wildman–Crippen MR) is 125 cm³/mol. The monoisotopic (exact) mass is 456 g/mol. The Hall–Kier alpha value is -3.58. The molecule has 0 aliphatic heterocycles. The van der Waals surface area contributed by atoms with Crippen molar-refractivity contribution in [2.45, 2.75) is 6.92 Å². The number of halogens is 1. The summed E-state index contributed by atoms with van der Waals surface area (Å²) in [6.45, 7) is 1.89. The maximum Gasteiger partial charge on any atom is 0.244 e. The minimum Gasteiger partial charge on any atom is -0.337 e. The lowest BCUT2D eigenvalue weighted by molar-refractivity contribution is 1.14. The minimum atomic E-state index is 0.430. The average Bonchev–Trinajstić information content (AvgIpc) is 3.22. The highest BCUT2D eigenvalue weighted by atomic mass is 79.9. The molecule has 5 aromatic rings. The highest BCUT2D eigenvalue weighted by Crippen LogP contribution is 2.29. The standard InChI is InChI=1S/C23H17BrN6/c1-14(22-25-19-9-5-6-10-20(19)26-22)29-30-23-27-18-12-11-16(24)13-17(18)21(28-23)15-7-3-2-4-8-15/h2-13H,1H3,(H,25,26)(H,27,28,30)/b29-14-. The summed E-state index contributed by atoms with van der Waals surface area (Å²) in [4.78, 5) is 17.2. The number of aromatic nitrogens is 4. The first kappa shape index (κ1) is 18.4. The van der Waals surface area contributed by atoms with Crippen LogP contribution in [0.4, 0.5) is 5.95 Å². The quantitative estimate of drug-likeness (QED) is 0.265. The van der Waals surface area contributed by atoms with Crippen LogP contribution in [0, 0.1) is 0 Å². The number of aromatic amines is 1. The van der Waals surface area contributed by atoms with Crippen LogP contribution in [0.3, 0.4) is 0 Å². The van der Waals surface area contributed by atoms with Crippen LogP contribution in [-0.2, 0) is 0 Å². The van der Waals surface area contributed by atoms with Gasteiger partial charge in [0.1, 0.15) is 5.71 Å². The van der Waals surface area contributed by atoms with Crippen molar-refractivity contribution in [3.05, 3.63) is 83.1 Å². The number of H-pyrrole nitrogens is 1. The number of para-hydroxylation sites is 2. The highest BCUT2D eigenvalue weighted by Gasteiger charge is 2.11. The molecule has 0 amide bonds. The molecule has 0 aliphatic rings. The Bertz CT molecular complexity index is 1360. The van der Waals surface area contributed by atoms with Gasteiger partial charge >= 0.3 is 0 Å². The molecule has 30 heavy (non-hydrogen) atoms. The Labute approximate surface area is 181 Å². The number of anilines is 1. The number of nitrogens with zero attached hydrogens (tertiary/aromatic N) is 4. The second-order valence-corrected chi connectivity index (χ2v) is 7.75. The topological polar surface area (TPSA) is 78.8 Å². The van der Waals surface area contributed by atoms with E-state index in [1.165, 1.54) is 0 Å². The number of nitrogens with one attached hydrogen (secondary N) is 2. The zero-order valence-corrected chi connectivity index (χ0v) is 17.7. The largest absolute Gasteiger partial charge is 0.337 e. The molecule has 0 fully saturated rings. The maximum atomic E-state index is 4.74. The van der Waals surface area contributed by atoms with E-state index in [1.807, 2.05) is 79.7 Å². The fraction of sp³-hybridized carbons (Fsp3) is 0.0435. The fourth-order valence-electron chi connectivity index (χ4n) is 3.28. The highest BCUT2D eigenvalue weighted by molar-refractivity contribution is 9.10. The summed E-state index contributed by atoms with van der Waals surface area (Å²) in [5.41, 5.74) is 8.29. The van der Waals surface area contributed by atoms with Gasteiger partial charge in [-0.05, 0) is 37.3 Å². The van der Waals surface area contributed by atoms with Gasteiger partial charge in [0, 0.05) is 15.4 Å². The summed E-state index contributed by atoms with van der Waals surface area (Å²) in [5, 5.41) is 5.43. The lowest BCUT2D eigenvalue weighted by Gasteiger charge is -2.09. The first-order valence-corrected chi connectivity index (χ1v) is 10.2. The molecular formula is C23H17BrN6. The van der Waals surface area contributed by atoms with Gasteiger partial charge in [0.25, 0.3) is 0 Å². The summed E-state index contributed by atoms with van der Waals surface area (Å²) in [6, 6.07) is 23.9. The Morgan fingerprint density at radius 2 is 1.70 bits per heavy atom. The third-order valence-electron chi connectivity index (χ3n) is 4.76. The van der Waals surface area contributed by atoms with E-state index in [4.69, 9.17) is 4.98 Å². The van der Waals surface area contributed by atoms with Crippen molar-refractivity contribution in [3.63, 3.8) is 0 Å². The van der Waals surface area contributed by atoms with Gasteiger partial charge in [0.2, 0.25) is 5.95 Å². The van der Waals surface area contributed by atoms with Crippen molar-refractivity contribution in [2.75, 3.05) is 5.43 Å². The minimum absolute atomic E-state index is 0.430. The molecule has 0 bridgehead atoms. The summed E-state index contributed by atoms with van der Waals surface area (Å²) < 4.78 is 0.982. The molecular weight excluding hydrogens is 440 g/mol. The number of hydrogen-bond donors (Lipinski definition) is 2. The van der Waals surface area contributed by atoms with Gasteiger partial charge < -0.3 is 4.98 Å². The zero-order chi connectivity index (χ0) is 20.5. The molecule has 0 radical (unpaired) electrons. The van der Waals surface area contributed by atoms with Crippen molar-refractivity contribution < 1.29 is 0 Å². The molecule has 5 rings (SSSR count). The van der Waals surface area contributed by atoms with Gasteiger partial charge in [0.05, 0.1) is 22.2 Å². The first-order valence-electron chi connectivity index (χ1n) is 9.45. The van der Waals surface area contributed by atoms with Gasteiger partial charge in [-0.2, -0.15) is 5.10 Å². The number of fused-ring (bicyclic) bond motifs is 2. The van der Waals surface area contributed by atoms with Crippen LogP contribution in [0.5, 0.6) is 0 Å². The van der Waals surface area contributed by atoms with Crippen molar-refractivity contribution in [3.8, 4) is 11.3 Å². The van der Waals surface area contributed by atoms with Crippen LogP contribution >= 0.6 is 15.9 Å². The van der Waals surface area contributed by atoms with E-state index in [0.29, 0.717) is 17.5 Å². The summed E-state index contributed by atoms with van der Waals surface area (Å²) in [6.07, 6.45) is 0. The molecule has 7 heteroatoms.